The number of nitrogens with zero attached hydrogens (tertiary/aromatic N) is 2. The maximum Gasteiger partial charge on any atom is 0.326 e. The van der Waals surface area contributed by atoms with Crippen LogP contribution in [0.2, 0.25) is 0 Å². The van der Waals surface area contributed by atoms with E-state index in [9.17, 15) is 9.59 Å². The largest absolute Gasteiger partial charge is 0.480 e. The monoisotopic (exact) mass is 237 g/mol. The summed E-state index contributed by atoms with van der Waals surface area (Å²) in [5.41, 5.74) is 0.827. The third-order valence-corrected chi connectivity index (χ3v) is 2.34. The summed E-state index contributed by atoms with van der Waals surface area (Å²) in [4.78, 5) is 30.3. The minimum absolute atomic E-state index is 0.301. The lowest BCUT2D eigenvalue weighted by Gasteiger charge is -2.13. The van der Waals surface area contributed by atoms with Gasteiger partial charge in [0, 0.05) is 6.20 Å². The van der Waals surface area contributed by atoms with Gasteiger partial charge in [-0.15, -0.1) is 0 Å². The molecule has 0 aliphatic carbocycles. The Balaban J connectivity index is 2.77. The standard InChI is InChI=1S/C11H15N3O3/c1-3-4-9(11(16)17)14-10(15)8-5-12-6-13-7(8)2/h5-6,9H,3-4H2,1-2H3,(H,14,15)(H,16,17)/t9-/m1/s1. The average Bonchev–Trinajstić information content (AvgIpc) is 2.28. The molecule has 1 rings (SSSR count). The van der Waals surface area contributed by atoms with E-state index in [-0.39, 0.29) is 0 Å². The molecular weight excluding hydrogens is 222 g/mol. The number of carboxylic acid groups (broad SMARTS) is 1. The molecule has 0 radical (unpaired) electrons. The second-order valence-corrected chi connectivity index (χ2v) is 3.67. The SMILES string of the molecule is CCC[C@@H](NC(=O)c1cncnc1C)C(=O)O. The van der Waals surface area contributed by atoms with Crippen molar-refractivity contribution in [2.75, 3.05) is 0 Å². The second-order valence-electron chi connectivity index (χ2n) is 3.67. The molecule has 0 saturated carbocycles. The highest BCUT2D eigenvalue weighted by molar-refractivity contribution is 5.97. The Morgan fingerprint density at radius 2 is 2.24 bits per heavy atom. The van der Waals surface area contributed by atoms with Gasteiger partial charge in [0.2, 0.25) is 0 Å². The first kappa shape index (κ1) is 13.1. The Bertz CT molecular complexity index is 420. The van der Waals surface area contributed by atoms with E-state index < -0.39 is 17.9 Å². The molecule has 2 N–H and O–H groups in total. The predicted octanol–water partition coefficient (Wildman–Crippen LogP) is 0.768. The van der Waals surface area contributed by atoms with Gasteiger partial charge in [0.15, 0.2) is 0 Å². The molecule has 1 aromatic rings. The highest BCUT2D eigenvalue weighted by Crippen LogP contribution is 2.04. The van der Waals surface area contributed by atoms with Crippen molar-refractivity contribution in [2.24, 2.45) is 0 Å². The number of rotatable bonds is 5. The third-order valence-electron chi connectivity index (χ3n) is 2.34. The van der Waals surface area contributed by atoms with Crippen molar-refractivity contribution in [3.63, 3.8) is 0 Å². The van der Waals surface area contributed by atoms with Gasteiger partial charge in [0.25, 0.3) is 5.91 Å². The molecule has 0 aliphatic rings. The van der Waals surface area contributed by atoms with E-state index in [1.807, 2.05) is 6.92 Å². The van der Waals surface area contributed by atoms with Crippen LogP contribution in [0.25, 0.3) is 0 Å². The van der Waals surface area contributed by atoms with Crippen LogP contribution in [-0.4, -0.2) is 33.0 Å². The smallest absolute Gasteiger partial charge is 0.326 e. The van der Waals surface area contributed by atoms with Crippen LogP contribution >= 0.6 is 0 Å². The van der Waals surface area contributed by atoms with Gasteiger partial charge in [0.05, 0.1) is 11.3 Å². The van der Waals surface area contributed by atoms with Crippen molar-refractivity contribution in [2.45, 2.75) is 32.7 Å². The van der Waals surface area contributed by atoms with Crippen molar-refractivity contribution in [1.82, 2.24) is 15.3 Å². The van der Waals surface area contributed by atoms with Crippen LogP contribution < -0.4 is 5.32 Å². The lowest BCUT2D eigenvalue weighted by molar-refractivity contribution is -0.139. The molecule has 0 aromatic carbocycles. The maximum atomic E-state index is 11.8. The van der Waals surface area contributed by atoms with Crippen LogP contribution in [0, 0.1) is 6.92 Å². The van der Waals surface area contributed by atoms with E-state index in [4.69, 9.17) is 5.11 Å². The van der Waals surface area contributed by atoms with Gasteiger partial charge in [-0.25, -0.2) is 14.8 Å². The zero-order valence-corrected chi connectivity index (χ0v) is 9.80. The number of carboxylic acids is 1. The van der Waals surface area contributed by atoms with Gasteiger partial charge < -0.3 is 10.4 Å². The van der Waals surface area contributed by atoms with Crippen LogP contribution in [0.1, 0.15) is 35.8 Å². The summed E-state index contributed by atoms with van der Waals surface area (Å²) < 4.78 is 0. The Morgan fingerprint density at radius 3 is 2.76 bits per heavy atom. The first-order chi connectivity index (χ1) is 8.06. The van der Waals surface area contributed by atoms with Gasteiger partial charge >= 0.3 is 5.97 Å². The number of hydrogen-bond donors (Lipinski definition) is 2. The van der Waals surface area contributed by atoms with Gasteiger partial charge in [-0.3, -0.25) is 4.79 Å². The Morgan fingerprint density at radius 1 is 1.53 bits per heavy atom. The van der Waals surface area contributed by atoms with Gasteiger partial charge in [-0.1, -0.05) is 13.3 Å². The molecule has 0 saturated heterocycles. The van der Waals surface area contributed by atoms with Crippen molar-refractivity contribution in [3.05, 3.63) is 23.8 Å². The van der Waals surface area contributed by atoms with Crippen LogP contribution in [0.3, 0.4) is 0 Å². The Labute approximate surface area is 99.1 Å². The molecule has 1 atom stereocenters. The normalized spacial score (nSPS) is 11.9. The summed E-state index contributed by atoms with van der Waals surface area (Å²) >= 11 is 0. The summed E-state index contributed by atoms with van der Waals surface area (Å²) in [6.45, 7) is 3.53. The molecule has 0 spiro atoms. The lowest BCUT2D eigenvalue weighted by atomic mass is 10.1. The highest BCUT2D eigenvalue weighted by atomic mass is 16.4. The van der Waals surface area contributed by atoms with Gasteiger partial charge in [-0.2, -0.15) is 0 Å². The van der Waals surface area contributed by atoms with Crippen LogP contribution in [0.5, 0.6) is 0 Å². The number of carbonyl (C=O) groups excluding carboxylic acids is 1. The van der Waals surface area contributed by atoms with E-state index >= 15 is 0 Å². The third kappa shape index (κ3) is 3.51. The van der Waals surface area contributed by atoms with Gasteiger partial charge in [0.1, 0.15) is 12.4 Å². The van der Waals surface area contributed by atoms with Crippen molar-refractivity contribution >= 4 is 11.9 Å². The van der Waals surface area contributed by atoms with E-state index in [1.54, 1.807) is 6.92 Å². The molecule has 92 valence electrons. The lowest BCUT2D eigenvalue weighted by Crippen LogP contribution is -2.41. The Hall–Kier alpha value is -1.98. The average molecular weight is 237 g/mol. The number of carbonyl (C=O) groups is 2. The van der Waals surface area contributed by atoms with E-state index in [0.717, 1.165) is 0 Å². The van der Waals surface area contributed by atoms with E-state index in [2.05, 4.69) is 15.3 Å². The molecule has 17 heavy (non-hydrogen) atoms. The molecule has 0 aliphatic heterocycles. The second kappa shape index (κ2) is 5.93. The molecule has 0 fully saturated rings. The molecule has 1 amide bonds. The fourth-order valence-electron chi connectivity index (χ4n) is 1.40. The van der Waals surface area contributed by atoms with Crippen molar-refractivity contribution in [3.8, 4) is 0 Å². The number of hydrogen-bond acceptors (Lipinski definition) is 4. The maximum absolute atomic E-state index is 11.8. The van der Waals surface area contributed by atoms with Crippen LogP contribution in [0.4, 0.5) is 0 Å². The summed E-state index contributed by atoms with van der Waals surface area (Å²) in [5.74, 6) is -1.49. The topological polar surface area (TPSA) is 92.2 Å². The van der Waals surface area contributed by atoms with E-state index in [1.165, 1.54) is 12.5 Å². The predicted molar refractivity (Wildman–Crippen MR) is 60.6 cm³/mol. The van der Waals surface area contributed by atoms with Crippen LogP contribution in [0.15, 0.2) is 12.5 Å². The fourth-order valence-corrected chi connectivity index (χ4v) is 1.40. The first-order valence-corrected chi connectivity index (χ1v) is 5.36. The number of aryl methyl sites for hydroxylation is 1. The zero-order chi connectivity index (χ0) is 12.8. The summed E-state index contributed by atoms with van der Waals surface area (Å²) in [7, 11) is 0. The summed E-state index contributed by atoms with van der Waals surface area (Å²) in [6.07, 6.45) is 3.80. The highest BCUT2D eigenvalue weighted by Gasteiger charge is 2.20. The molecule has 1 aromatic heterocycles. The number of aliphatic carboxylic acids is 1. The fraction of sp³-hybridized carbons (Fsp3) is 0.455. The van der Waals surface area contributed by atoms with E-state index in [0.29, 0.717) is 24.1 Å². The van der Waals surface area contributed by atoms with Crippen molar-refractivity contribution < 1.29 is 14.7 Å². The molecule has 0 bridgehead atoms. The first-order valence-electron chi connectivity index (χ1n) is 5.36. The van der Waals surface area contributed by atoms with Crippen molar-refractivity contribution in [1.29, 1.82) is 0 Å². The molecule has 6 nitrogen and oxygen atoms in total. The number of amides is 1. The summed E-state index contributed by atoms with van der Waals surface area (Å²) in [5, 5.41) is 11.4. The summed E-state index contributed by atoms with van der Waals surface area (Å²) in [6, 6.07) is -0.868. The minimum Gasteiger partial charge on any atom is -0.480 e. The molecule has 6 heteroatoms. The zero-order valence-electron chi connectivity index (χ0n) is 9.80. The van der Waals surface area contributed by atoms with Gasteiger partial charge in [-0.05, 0) is 13.3 Å². The molecular formula is C11H15N3O3. The molecule has 0 unspecified atom stereocenters. The Kier molecular flexibility index (Phi) is 4.56. The number of nitrogens with one attached hydrogen (secondary N) is 1. The van der Waals surface area contributed by atoms with Crippen LogP contribution in [-0.2, 0) is 4.79 Å². The number of aromatic nitrogens is 2. The molecule has 1 heterocycles. The minimum atomic E-state index is -1.03. The quantitative estimate of drug-likeness (QED) is 0.789.